The number of nitrogens with zero attached hydrogens (tertiary/aromatic N) is 2. The van der Waals surface area contributed by atoms with Crippen LogP contribution in [0, 0.1) is 6.92 Å². The van der Waals surface area contributed by atoms with E-state index in [1.807, 2.05) is 31.3 Å². The largest absolute Gasteiger partial charge is 0.497 e. The third-order valence-electron chi connectivity index (χ3n) is 3.31. The summed E-state index contributed by atoms with van der Waals surface area (Å²) in [6.07, 6.45) is 2.01. The summed E-state index contributed by atoms with van der Waals surface area (Å²) in [6, 6.07) is 8.07. The van der Waals surface area contributed by atoms with Crippen LogP contribution in [0.3, 0.4) is 0 Å². The second kappa shape index (κ2) is 3.99. The number of aromatic nitrogens is 2. The Balaban J connectivity index is 2.39. The van der Waals surface area contributed by atoms with Gasteiger partial charge in [-0.05, 0) is 36.6 Å². The van der Waals surface area contributed by atoms with Gasteiger partial charge in [-0.15, -0.1) is 0 Å². The molecule has 0 aliphatic rings. The van der Waals surface area contributed by atoms with Crippen molar-refractivity contribution in [1.82, 2.24) is 9.38 Å². The van der Waals surface area contributed by atoms with Crippen molar-refractivity contribution in [1.29, 1.82) is 0 Å². The fourth-order valence-electron chi connectivity index (χ4n) is 2.34. The van der Waals surface area contributed by atoms with Gasteiger partial charge < -0.3 is 14.9 Å². The van der Waals surface area contributed by atoms with Gasteiger partial charge >= 0.3 is 0 Å². The van der Waals surface area contributed by atoms with E-state index in [9.17, 15) is 0 Å². The molecule has 0 unspecified atom stereocenters. The maximum atomic E-state index is 5.77. The third kappa shape index (κ3) is 1.46. The zero-order valence-electron chi connectivity index (χ0n) is 10.5. The zero-order chi connectivity index (χ0) is 12.7. The van der Waals surface area contributed by atoms with Gasteiger partial charge in [0.2, 0.25) is 0 Å². The number of ether oxygens (including phenoxy) is 1. The molecule has 1 aromatic carbocycles. The maximum Gasteiger partial charge on any atom is 0.145 e. The van der Waals surface area contributed by atoms with Gasteiger partial charge in [0, 0.05) is 18.1 Å². The number of fused-ring (bicyclic) bond motifs is 3. The first-order valence-electron chi connectivity index (χ1n) is 5.89. The van der Waals surface area contributed by atoms with Crippen molar-refractivity contribution in [2.24, 2.45) is 5.73 Å². The van der Waals surface area contributed by atoms with Crippen molar-refractivity contribution >= 4 is 16.4 Å². The summed E-state index contributed by atoms with van der Waals surface area (Å²) < 4.78 is 7.30. The molecule has 3 rings (SSSR count). The molecule has 92 valence electrons. The second-order valence-electron chi connectivity index (χ2n) is 4.31. The van der Waals surface area contributed by atoms with Crippen LogP contribution in [0.25, 0.3) is 16.4 Å². The number of hydrogen-bond acceptors (Lipinski definition) is 3. The van der Waals surface area contributed by atoms with Crippen LogP contribution < -0.4 is 10.5 Å². The molecule has 0 spiro atoms. The lowest BCUT2D eigenvalue weighted by Gasteiger charge is -2.05. The molecular weight excluding hydrogens is 226 g/mol. The van der Waals surface area contributed by atoms with Gasteiger partial charge in [-0.25, -0.2) is 4.98 Å². The minimum absolute atomic E-state index is 0.495. The number of hydrogen-bond donors (Lipinski definition) is 1. The fourth-order valence-corrected chi connectivity index (χ4v) is 2.34. The van der Waals surface area contributed by atoms with Crippen molar-refractivity contribution in [3.05, 3.63) is 41.9 Å². The van der Waals surface area contributed by atoms with Crippen molar-refractivity contribution in [2.45, 2.75) is 13.5 Å². The van der Waals surface area contributed by atoms with Crippen molar-refractivity contribution in [2.75, 3.05) is 7.11 Å². The van der Waals surface area contributed by atoms with E-state index < -0.39 is 0 Å². The molecule has 0 atom stereocenters. The summed E-state index contributed by atoms with van der Waals surface area (Å²) in [5.74, 6) is 0.856. The molecule has 0 aliphatic heterocycles. The molecule has 0 saturated heterocycles. The molecular formula is C14H15N3O. The Kier molecular flexibility index (Phi) is 2.45. The molecule has 4 nitrogen and oxygen atoms in total. The Labute approximate surface area is 105 Å². The van der Waals surface area contributed by atoms with E-state index >= 15 is 0 Å². The van der Waals surface area contributed by atoms with E-state index in [0.717, 1.165) is 33.6 Å². The molecule has 18 heavy (non-hydrogen) atoms. The number of methoxy groups -OCH3 is 1. The first-order valence-corrected chi connectivity index (χ1v) is 5.89. The lowest BCUT2D eigenvalue weighted by atomic mass is 10.1. The number of nitrogens with two attached hydrogens (primary N) is 1. The minimum Gasteiger partial charge on any atom is -0.497 e. The van der Waals surface area contributed by atoms with Crippen LogP contribution in [0.15, 0.2) is 30.5 Å². The first-order chi connectivity index (χ1) is 8.74. The van der Waals surface area contributed by atoms with Crippen LogP contribution in [-0.4, -0.2) is 16.5 Å². The molecule has 0 aliphatic carbocycles. The SMILES string of the molecule is COc1ccc2c(ccn3c(CN)c(C)nc23)c1. The maximum absolute atomic E-state index is 5.77. The van der Waals surface area contributed by atoms with Gasteiger partial charge in [-0.1, -0.05) is 0 Å². The van der Waals surface area contributed by atoms with E-state index in [-0.39, 0.29) is 0 Å². The van der Waals surface area contributed by atoms with Crippen molar-refractivity contribution in [3.63, 3.8) is 0 Å². The summed E-state index contributed by atoms with van der Waals surface area (Å²) in [6.45, 7) is 2.49. The number of imidazole rings is 1. The van der Waals surface area contributed by atoms with Crippen LogP contribution in [0.2, 0.25) is 0 Å². The van der Waals surface area contributed by atoms with E-state index in [1.54, 1.807) is 7.11 Å². The predicted molar refractivity (Wildman–Crippen MR) is 71.9 cm³/mol. The van der Waals surface area contributed by atoms with E-state index in [2.05, 4.69) is 15.5 Å². The Morgan fingerprint density at radius 3 is 2.89 bits per heavy atom. The molecule has 0 amide bonds. The number of rotatable bonds is 2. The zero-order valence-corrected chi connectivity index (χ0v) is 10.5. The highest BCUT2D eigenvalue weighted by atomic mass is 16.5. The normalized spacial score (nSPS) is 11.3. The number of pyridine rings is 1. The molecule has 0 bridgehead atoms. The molecule has 0 fully saturated rings. The van der Waals surface area contributed by atoms with Gasteiger partial charge in [0.1, 0.15) is 11.4 Å². The van der Waals surface area contributed by atoms with Gasteiger partial charge in [0.25, 0.3) is 0 Å². The van der Waals surface area contributed by atoms with Crippen LogP contribution >= 0.6 is 0 Å². The minimum atomic E-state index is 0.495. The number of benzene rings is 1. The van der Waals surface area contributed by atoms with E-state index in [0.29, 0.717) is 6.54 Å². The lowest BCUT2D eigenvalue weighted by molar-refractivity contribution is 0.415. The Morgan fingerprint density at radius 1 is 1.33 bits per heavy atom. The summed E-state index contributed by atoms with van der Waals surface area (Å²) in [5, 5.41) is 2.23. The van der Waals surface area contributed by atoms with Gasteiger partial charge in [-0.2, -0.15) is 0 Å². The highest BCUT2D eigenvalue weighted by Gasteiger charge is 2.10. The summed E-state index contributed by atoms with van der Waals surface area (Å²) >= 11 is 0. The Morgan fingerprint density at radius 2 is 2.17 bits per heavy atom. The predicted octanol–water partition coefficient (Wildman–Crippen LogP) is 2.26. The van der Waals surface area contributed by atoms with Gasteiger partial charge in [0.15, 0.2) is 0 Å². The third-order valence-corrected chi connectivity index (χ3v) is 3.31. The quantitative estimate of drug-likeness (QED) is 0.748. The average Bonchev–Trinajstić information content (AvgIpc) is 2.73. The lowest BCUT2D eigenvalue weighted by Crippen LogP contribution is -2.02. The first kappa shape index (κ1) is 11.0. The monoisotopic (exact) mass is 241 g/mol. The molecule has 3 aromatic rings. The summed E-state index contributed by atoms with van der Waals surface area (Å²) in [4.78, 5) is 4.61. The van der Waals surface area contributed by atoms with E-state index in [4.69, 9.17) is 10.5 Å². The van der Waals surface area contributed by atoms with Crippen molar-refractivity contribution in [3.8, 4) is 5.75 Å². The summed E-state index contributed by atoms with van der Waals surface area (Å²) in [5.41, 5.74) is 8.77. The smallest absolute Gasteiger partial charge is 0.145 e. The Bertz CT molecular complexity index is 731. The summed E-state index contributed by atoms with van der Waals surface area (Å²) in [7, 11) is 1.67. The van der Waals surface area contributed by atoms with Crippen LogP contribution in [0.1, 0.15) is 11.4 Å². The molecule has 4 heteroatoms. The van der Waals surface area contributed by atoms with Gasteiger partial charge in [-0.3, -0.25) is 0 Å². The topological polar surface area (TPSA) is 52.5 Å². The van der Waals surface area contributed by atoms with E-state index in [1.165, 1.54) is 0 Å². The van der Waals surface area contributed by atoms with Crippen LogP contribution in [0.5, 0.6) is 5.75 Å². The van der Waals surface area contributed by atoms with Crippen LogP contribution in [-0.2, 0) is 6.54 Å². The molecule has 2 aromatic heterocycles. The fraction of sp³-hybridized carbons (Fsp3) is 0.214. The highest BCUT2D eigenvalue weighted by Crippen LogP contribution is 2.25. The van der Waals surface area contributed by atoms with Crippen LogP contribution in [0.4, 0.5) is 0 Å². The Hall–Kier alpha value is -2.07. The standard InChI is InChI=1S/C14H15N3O/c1-9-13(8-15)17-6-5-10-7-11(18-2)3-4-12(10)14(17)16-9/h3-7H,8,15H2,1-2H3. The average molecular weight is 241 g/mol. The molecule has 2 heterocycles. The van der Waals surface area contributed by atoms with Gasteiger partial charge in [0.05, 0.1) is 18.5 Å². The highest BCUT2D eigenvalue weighted by molar-refractivity contribution is 5.95. The number of aryl methyl sites for hydroxylation is 1. The van der Waals surface area contributed by atoms with Crippen molar-refractivity contribution < 1.29 is 4.74 Å². The molecule has 2 N–H and O–H groups in total. The molecule has 0 saturated carbocycles. The second-order valence-corrected chi connectivity index (χ2v) is 4.31. The molecule has 0 radical (unpaired) electrons.